The second-order valence-electron chi connectivity index (χ2n) is 8.00. The van der Waals surface area contributed by atoms with Crippen LogP contribution in [0.2, 0.25) is 0 Å². The van der Waals surface area contributed by atoms with Gasteiger partial charge in [0.1, 0.15) is 11.4 Å². The molecule has 159 valence electrons. The quantitative estimate of drug-likeness (QED) is 0.456. The van der Waals surface area contributed by atoms with Crippen molar-refractivity contribution in [1.82, 2.24) is 0 Å². The van der Waals surface area contributed by atoms with Crippen molar-refractivity contribution in [2.75, 3.05) is 25.5 Å². The average Bonchev–Trinajstić information content (AvgIpc) is 2.94. The van der Waals surface area contributed by atoms with Crippen LogP contribution in [0.3, 0.4) is 0 Å². The predicted molar refractivity (Wildman–Crippen MR) is 117 cm³/mol. The van der Waals surface area contributed by atoms with E-state index in [1.165, 1.54) is 36.9 Å². The van der Waals surface area contributed by atoms with Gasteiger partial charge in [-0.15, -0.1) is 11.3 Å². The molecule has 3 rings (SSSR count). The van der Waals surface area contributed by atoms with Crippen LogP contribution in [0.1, 0.15) is 53.4 Å². The van der Waals surface area contributed by atoms with Crippen LogP contribution in [0.15, 0.2) is 35.7 Å². The zero-order valence-corrected chi connectivity index (χ0v) is 21.8. The van der Waals surface area contributed by atoms with Gasteiger partial charge in [0, 0.05) is 38.3 Å². The minimum atomic E-state index is -0.408. The number of likely N-dealkylation sites (tertiary alicyclic amines) is 1. The molecule has 1 fully saturated rings. The predicted octanol–water partition coefficient (Wildman–Crippen LogP) is 4.76. The number of thiophene rings is 1. The Morgan fingerprint density at radius 1 is 1.13 bits per heavy atom. The molecule has 1 atom stereocenters. The summed E-state index contributed by atoms with van der Waals surface area (Å²) >= 11 is 1.31. The van der Waals surface area contributed by atoms with Gasteiger partial charge in [-0.1, -0.05) is 30.3 Å². The molecule has 1 unspecified atom stereocenters. The molecule has 1 N–H and O–H groups in total. The number of benzene rings is 1. The van der Waals surface area contributed by atoms with Gasteiger partial charge in [-0.2, -0.15) is 0 Å². The SMILES string of the molecule is COC(=O)c1scc(C)c1NC(=O)C(C)[N+]1(Cc2ccccc2)CCCCCC1.[Y]. The summed E-state index contributed by atoms with van der Waals surface area (Å²) in [6.45, 7) is 6.78. The number of nitrogens with one attached hydrogen (secondary N) is 1. The van der Waals surface area contributed by atoms with Gasteiger partial charge >= 0.3 is 5.97 Å². The Hall–Kier alpha value is -1.08. The Morgan fingerprint density at radius 3 is 2.37 bits per heavy atom. The van der Waals surface area contributed by atoms with Gasteiger partial charge in [0.05, 0.1) is 25.9 Å². The summed E-state index contributed by atoms with van der Waals surface area (Å²) in [7, 11) is 1.36. The van der Waals surface area contributed by atoms with Crippen LogP contribution in [0.4, 0.5) is 5.69 Å². The zero-order valence-electron chi connectivity index (χ0n) is 18.1. The number of carbonyl (C=O) groups is 2. The summed E-state index contributed by atoms with van der Waals surface area (Å²) < 4.78 is 5.64. The third-order valence-electron chi connectivity index (χ3n) is 6.09. The van der Waals surface area contributed by atoms with Crippen molar-refractivity contribution in [3.8, 4) is 0 Å². The first-order chi connectivity index (χ1) is 14.0. The molecule has 1 aliphatic heterocycles. The number of ether oxygens (including phenoxy) is 1. The molecule has 0 aliphatic carbocycles. The number of anilines is 1. The Kier molecular flexibility index (Phi) is 9.67. The summed E-state index contributed by atoms with van der Waals surface area (Å²) in [6.07, 6.45) is 4.71. The van der Waals surface area contributed by atoms with Gasteiger partial charge in [0.15, 0.2) is 6.04 Å². The molecule has 7 heteroatoms. The average molecular weight is 504 g/mol. The third-order valence-corrected chi connectivity index (χ3v) is 7.17. The molecule has 2 heterocycles. The second-order valence-corrected chi connectivity index (χ2v) is 8.88. The molecule has 1 aromatic heterocycles. The number of aryl methyl sites for hydroxylation is 1. The number of esters is 1. The van der Waals surface area contributed by atoms with Gasteiger partial charge in [0.25, 0.3) is 5.91 Å². The van der Waals surface area contributed by atoms with E-state index in [0.717, 1.165) is 42.5 Å². The number of carbonyl (C=O) groups excluding carboxylic acids is 2. The van der Waals surface area contributed by atoms with E-state index in [4.69, 9.17) is 4.74 Å². The van der Waals surface area contributed by atoms with E-state index >= 15 is 0 Å². The fourth-order valence-electron chi connectivity index (χ4n) is 4.27. The van der Waals surface area contributed by atoms with Crippen molar-refractivity contribution in [2.45, 2.75) is 52.1 Å². The summed E-state index contributed by atoms with van der Waals surface area (Å²) in [5.74, 6) is -0.441. The second kappa shape index (κ2) is 11.5. The number of hydrogen-bond acceptors (Lipinski definition) is 4. The summed E-state index contributed by atoms with van der Waals surface area (Å²) in [6, 6.07) is 10.2. The molecular weight excluding hydrogens is 473 g/mol. The number of rotatable bonds is 6. The van der Waals surface area contributed by atoms with Crippen molar-refractivity contribution < 1.29 is 51.5 Å². The fraction of sp³-hybridized carbons (Fsp3) is 0.478. The number of quaternary nitrogens is 1. The van der Waals surface area contributed by atoms with E-state index in [1.807, 2.05) is 25.3 Å². The van der Waals surface area contributed by atoms with E-state index in [2.05, 4.69) is 29.6 Å². The summed E-state index contributed by atoms with van der Waals surface area (Å²) in [4.78, 5) is 25.9. The van der Waals surface area contributed by atoms with Gasteiger partial charge in [-0.3, -0.25) is 4.79 Å². The van der Waals surface area contributed by atoms with Crippen LogP contribution >= 0.6 is 11.3 Å². The minimum Gasteiger partial charge on any atom is -0.465 e. The molecular formula is C23H31N2O3SY+. The van der Waals surface area contributed by atoms with Crippen LogP contribution in [0, 0.1) is 6.92 Å². The maximum absolute atomic E-state index is 13.4. The summed E-state index contributed by atoms with van der Waals surface area (Å²) in [5, 5.41) is 4.94. The minimum absolute atomic E-state index is 0. The summed E-state index contributed by atoms with van der Waals surface area (Å²) in [5.41, 5.74) is 2.74. The molecule has 1 aliphatic rings. The molecule has 1 aromatic carbocycles. The Morgan fingerprint density at radius 2 is 1.77 bits per heavy atom. The van der Waals surface area contributed by atoms with Crippen molar-refractivity contribution in [1.29, 1.82) is 0 Å². The van der Waals surface area contributed by atoms with Crippen LogP contribution in [-0.4, -0.2) is 42.6 Å². The largest absolute Gasteiger partial charge is 0.465 e. The molecule has 30 heavy (non-hydrogen) atoms. The van der Waals surface area contributed by atoms with Crippen molar-refractivity contribution in [3.05, 3.63) is 51.7 Å². The monoisotopic (exact) mass is 504 g/mol. The maximum atomic E-state index is 13.4. The van der Waals surface area contributed by atoms with Gasteiger partial charge in [0.2, 0.25) is 0 Å². The first-order valence-electron chi connectivity index (χ1n) is 10.3. The van der Waals surface area contributed by atoms with Crippen LogP contribution in [0.5, 0.6) is 0 Å². The normalized spacial score (nSPS) is 16.6. The molecule has 0 spiro atoms. The molecule has 5 nitrogen and oxygen atoms in total. The zero-order chi connectivity index (χ0) is 20.9. The van der Waals surface area contributed by atoms with Gasteiger partial charge in [-0.05, 0) is 50.5 Å². The van der Waals surface area contributed by atoms with E-state index in [-0.39, 0.29) is 44.7 Å². The Labute approximate surface area is 208 Å². The van der Waals surface area contributed by atoms with E-state index in [1.54, 1.807) is 0 Å². The first kappa shape index (κ1) is 25.2. The smallest absolute Gasteiger partial charge is 0.350 e. The topological polar surface area (TPSA) is 55.4 Å². The Balaban J connectivity index is 0.00000320. The van der Waals surface area contributed by atoms with Gasteiger partial charge in [-0.25, -0.2) is 4.79 Å². The van der Waals surface area contributed by atoms with Crippen LogP contribution in [-0.2, 0) is 48.8 Å². The van der Waals surface area contributed by atoms with Gasteiger partial charge < -0.3 is 14.5 Å². The number of methoxy groups -OCH3 is 1. The molecule has 1 radical (unpaired) electrons. The number of amides is 1. The van der Waals surface area contributed by atoms with Crippen molar-refractivity contribution in [2.24, 2.45) is 0 Å². The number of nitrogens with zero attached hydrogens (tertiary/aromatic N) is 1. The molecule has 2 aromatic rings. The maximum Gasteiger partial charge on any atom is 0.350 e. The van der Waals surface area contributed by atoms with E-state index in [9.17, 15) is 9.59 Å². The number of hydrogen-bond donors (Lipinski definition) is 1. The molecule has 0 bridgehead atoms. The molecule has 1 saturated heterocycles. The Bertz CT molecular complexity index is 845. The third kappa shape index (κ3) is 5.79. The first-order valence-corrected chi connectivity index (χ1v) is 11.2. The van der Waals surface area contributed by atoms with Crippen molar-refractivity contribution in [3.63, 3.8) is 0 Å². The molecule has 1 amide bonds. The van der Waals surface area contributed by atoms with E-state index < -0.39 is 5.97 Å². The fourth-order valence-corrected chi connectivity index (χ4v) is 5.19. The van der Waals surface area contributed by atoms with Crippen molar-refractivity contribution >= 4 is 28.9 Å². The van der Waals surface area contributed by atoms with E-state index in [0.29, 0.717) is 10.6 Å². The standard InChI is InChI=1S/C23H30N2O3S.Y/c1-17-16-29-21(23(27)28-3)20(17)24-22(26)18(2)25(13-9-4-5-10-14-25)15-19-11-7-6-8-12-19;/h6-8,11-12,16,18H,4-5,9-10,13-15H2,1-3H3;/p+1. The van der Waals surface area contributed by atoms with Crippen LogP contribution < -0.4 is 5.32 Å². The molecule has 0 saturated carbocycles. The van der Waals surface area contributed by atoms with Crippen LogP contribution in [0.25, 0.3) is 0 Å².